The fraction of sp³-hybridized carbons (Fsp3) is 0.263. The average Bonchev–Trinajstić information content (AvgIpc) is 3.29. The van der Waals surface area contributed by atoms with Crippen LogP contribution in [0.5, 0.6) is 0 Å². The van der Waals surface area contributed by atoms with Crippen molar-refractivity contribution in [1.29, 1.82) is 0 Å². The number of amides is 1. The number of rotatable bonds is 4. The molecule has 1 amide bonds. The van der Waals surface area contributed by atoms with Gasteiger partial charge in [-0.25, -0.2) is 4.39 Å². The zero-order valence-electron chi connectivity index (χ0n) is 14.2. The molecule has 0 saturated carbocycles. The van der Waals surface area contributed by atoms with E-state index >= 15 is 0 Å². The molecule has 2 atom stereocenters. The van der Waals surface area contributed by atoms with Crippen molar-refractivity contribution in [2.75, 3.05) is 6.54 Å². The SMILES string of the molecule is CC(c1ccc(F)cc1)N1CC(c2nc(-c3ccncc3)no2)CC1=O. The summed E-state index contributed by atoms with van der Waals surface area (Å²) in [5.74, 6) is 0.531. The Morgan fingerprint density at radius 3 is 2.65 bits per heavy atom. The third kappa shape index (κ3) is 3.08. The second-order valence-electron chi connectivity index (χ2n) is 6.37. The second-order valence-corrected chi connectivity index (χ2v) is 6.37. The van der Waals surface area contributed by atoms with Gasteiger partial charge in [-0.15, -0.1) is 0 Å². The Morgan fingerprint density at radius 2 is 1.92 bits per heavy atom. The third-order valence-corrected chi connectivity index (χ3v) is 4.71. The maximum atomic E-state index is 13.1. The topological polar surface area (TPSA) is 72.1 Å². The van der Waals surface area contributed by atoms with Gasteiger partial charge in [0.1, 0.15) is 5.82 Å². The molecule has 4 rings (SSSR count). The molecule has 0 bridgehead atoms. The first-order chi connectivity index (χ1) is 12.6. The highest BCUT2D eigenvalue weighted by Crippen LogP contribution is 2.34. The fourth-order valence-corrected chi connectivity index (χ4v) is 3.21. The number of carbonyl (C=O) groups is 1. The molecule has 3 heterocycles. The van der Waals surface area contributed by atoms with Gasteiger partial charge in [0, 0.05) is 30.9 Å². The number of likely N-dealkylation sites (tertiary alicyclic amines) is 1. The predicted octanol–water partition coefficient (Wildman–Crippen LogP) is 3.35. The van der Waals surface area contributed by atoms with Crippen molar-refractivity contribution in [2.45, 2.75) is 25.3 Å². The number of aromatic nitrogens is 3. The maximum absolute atomic E-state index is 13.1. The van der Waals surface area contributed by atoms with Crippen LogP contribution in [0.3, 0.4) is 0 Å². The molecule has 1 aromatic carbocycles. The van der Waals surface area contributed by atoms with E-state index in [0.29, 0.717) is 24.7 Å². The monoisotopic (exact) mass is 352 g/mol. The van der Waals surface area contributed by atoms with Crippen LogP contribution in [-0.2, 0) is 4.79 Å². The van der Waals surface area contributed by atoms with E-state index < -0.39 is 0 Å². The molecular formula is C19H17FN4O2. The van der Waals surface area contributed by atoms with E-state index in [2.05, 4.69) is 15.1 Å². The van der Waals surface area contributed by atoms with Crippen LogP contribution >= 0.6 is 0 Å². The zero-order valence-corrected chi connectivity index (χ0v) is 14.2. The lowest BCUT2D eigenvalue weighted by atomic mass is 10.1. The standard InChI is InChI=1S/C19H17FN4O2/c1-12(13-2-4-16(20)5-3-13)24-11-15(10-17(24)25)19-22-18(23-26-19)14-6-8-21-9-7-14/h2-9,12,15H,10-11H2,1H3. The molecule has 7 heteroatoms. The number of pyridine rings is 1. The number of benzene rings is 1. The van der Waals surface area contributed by atoms with Crippen LogP contribution in [-0.4, -0.2) is 32.5 Å². The Kier molecular flexibility index (Phi) is 4.20. The summed E-state index contributed by atoms with van der Waals surface area (Å²) in [5.41, 5.74) is 1.71. The van der Waals surface area contributed by atoms with Gasteiger partial charge in [0.05, 0.1) is 12.0 Å². The number of carbonyl (C=O) groups excluding carboxylic acids is 1. The molecular weight excluding hydrogens is 335 g/mol. The van der Waals surface area contributed by atoms with E-state index in [4.69, 9.17) is 4.52 Å². The van der Waals surface area contributed by atoms with E-state index in [1.165, 1.54) is 12.1 Å². The molecule has 1 saturated heterocycles. The molecule has 0 radical (unpaired) electrons. The summed E-state index contributed by atoms with van der Waals surface area (Å²) in [6.45, 7) is 2.43. The Balaban J connectivity index is 1.51. The first-order valence-electron chi connectivity index (χ1n) is 8.41. The van der Waals surface area contributed by atoms with Crippen molar-refractivity contribution in [3.05, 3.63) is 66.1 Å². The molecule has 132 valence electrons. The van der Waals surface area contributed by atoms with Crippen molar-refractivity contribution in [3.8, 4) is 11.4 Å². The van der Waals surface area contributed by atoms with Gasteiger partial charge in [0.25, 0.3) is 0 Å². The Bertz CT molecular complexity index is 911. The highest BCUT2D eigenvalue weighted by Gasteiger charge is 2.37. The zero-order chi connectivity index (χ0) is 18.1. The largest absolute Gasteiger partial charge is 0.339 e. The van der Waals surface area contributed by atoms with Crippen LogP contribution in [0.1, 0.15) is 36.8 Å². The lowest BCUT2D eigenvalue weighted by Gasteiger charge is -2.25. The van der Waals surface area contributed by atoms with E-state index in [1.54, 1.807) is 41.6 Å². The number of halogens is 1. The lowest BCUT2D eigenvalue weighted by molar-refractivity contribution is -0.129. The molecule has 2 aromatic heterocycles. The first-order valence-corrected chi connectivity index (χ1v) is 8.41. The highest BCUT2D eigenvalue weighted by atomic mass is 19.1. The predicted molar refractivity (Wildman–Crippen MR) is 91.4 cm³/mol. The summed E-state index contributed by atoms with van der Waals surface area (Å²) in [6, 6.07) is 9.68. The van der Waals surface area contributed by atoms with Gasteiger partial charge in [0.15, 0.2) is 0 Å². The molecule has 1 aliphatic rings. The molecule has 0 spiro atoms. The smallest absolute Gasteiger partial charge is 0.232 e. The van der Waals surface area contributed by atoms with Crippen LogP contribution in [0.2, 0.25) is 0 Å². The normalized spacial score (nSPS) is 18.3. The average molecular weight is 352 g/mol. The minimum absolute atomic E-state index is 0.0236. The van der Waals surface area contributed by atoms with Gasteiger partial charge < -0.3 is 9.42 Å². The summed E-state index contributed by atoms with van der Waals surface area (Å²) in [5, 5.41) is 4.01. The first kappa shape index (κ1) is 16.4. The van der Waals surface area contributed by atoms with Gasteiger partial charge in [-0.1, -0.05) is 17.3 Å². The minimum Gasteiger partial charge on any atom is -0.339 e. The summed E-state index contributed by atoms with van der Waals surface area (Å²) in [7, 11) is 0. The molecule has 1 fully saturated rings. The molecule has 3 aromatic rings. The summed E-state index contributed by atoms with van der Waals surface area (Å²) >= 11 is 0. The van der Waals surface area contributed by atoms with Crippen LogP contribution in [0.4, 0.5) is 4.39 Å². The van der Waals surface area contributed by atoms with Crippen molar-refractivity contribution < 1.29 is 13.7 Å². The van der Waals surface area contributed by atoms with Crippen molar-refractivity contribution in [3.63, 3.8) is 0 Å². The second kappa shape index (κ2) is 6.67. The molecule has 0 aliphatic carbocycles. The van der Waals surface area contributed by atoms with Crippen LogP contribution < -0.4 is 0 Å². The van der Waals surface area contributed by atoms with Crippen LogP contribution in [0, 0.1) is 5.82 Å². The van der Waals surface area contributed by atoms with Gasteiger partial charge in [-0.3, -0.25) is 9.78 Å². The van der Waals surface area contributed by atoms with Gasteiger partial charge in [-0.05, 0) is 36.8 Å². The number of hydrogen-bond donors (Lipinski definition) is 0. The van der Waals surface area contributed by atoms with E-state index in [1.807, 2.05) is 6.92 Å². The van der Waals surface area contributed by atoms with Gasteiger partial charge >= 0.3 is 0 Å². The van der Waals surface area contributed by atoms with Crippen molar-refractivity contribution >= 4 is 5.91 Å². The summed E-state index contributed by atoms with van der Waals surface area (Å²) in [6.07, 6.45) is 3.65. The summed E-state index contributed by atoms with van der Waals surface area (Å²) in [4.78, 5) is 22.7. The Hall–Kier alpha value is -3.09. The Morgan fingerprint density at radius 1 is 1.19 bits per heavy atom. The number of hydrogen-bond acceptors (Lipinski definition) is 5. The molecule has 2 unspecified atom stereocenters. The van der Waals surface area contributed by atoms with E-state index in [-0.39, 0.29) is 23.7 Å². The van der Waals surface area contributed by atoms with Gasteiger partial charge in [-0.2, -0.15) is 4.98 Å². The third-order valence-electron chi connectivity index (χ3n) is 4.71. The van der Waals surface area contributed by atoms with Crippen molar-refractivity contribution in [1.82, 2.24) is 20.0 Å². The van der Waals surface area contributed by atoms with Gasteiger partial charge in [0.2, 0.25) is 17.6 Å². The minimum atomic E-state index is -0.291. The van der Waals surface area contributed by atoms with Crippen LogP contribution in [0.15, 0.2) is 53.3 Å². The van der Waals surface area contributed by atoms with Crippen LogP contribution in [0.25, 0.3) is 11.4 Å². The Labute approximate surface area is 149 Å². The quantitative estimate of drug-likeness (QED) is 0.720. The molecule has 1 aliphatic heterocycles. The molecule has 0 N–H and O–H groups in total. The summed E-state index contributed by atoms with van der Waals surface area (Å²) < 4.78 is 18.5. The molecule has 26 heavy (non-hydrogen) atoms. The molecule has 6 nitrogen and oxygen atoms in total. The van der Waals surface area contributed by atoms with E-state index in [0.717, 1.165) is 11.1 Å². The van der Waals surface area contributed by atoms with E-state index in [9.17, 15) is 9.18 Å². The fourth-order valence-electron chi connectivity index (χ4n) is 3.21. The maximum Gasteiger partial charge on any atom is 0.232 e. The highest BCUT2D eigenvalue weighted by molar-refractivity contribution is 5.80. The van der Waals surface area contributed by atoms with Crippen molar-refractivity contribution in [2.24, 2.45) is 0 Å². The number of nitrogens with zero attached hydrogens (tertiary/aromatic N) is 4. The lowest BCUT2D eigenvalue weighted by Crippen LogP contribution is -2.28.